The van der Waals surface area contributed by atoms with Crippen molar-refractivity contribution in [3.05, 3.63) is 28.5 Å². The van der Waals surface area contributed by atoms with E-state index in [-0.39, 0.29) is 6.42 Å². The van der Waals surface area contributed by atoms with E-state index in [4.69, 9.17) is 18.1 Å². The van der Waals surface area contributed by atoms with Crippen molar-refractivity contribution in [1.29, 1.82) is 0 Å². The average molecular weight is 514 g/mol. The molecular formula is C19H34BrNO6P2. The van der Waals surface area contributed by atoms with E-state index in [2.05, 4.69) is 20.9 Å². The third kappa shape index (κ3) is 8.90. The molecule has 1 aromatic rings. The number of pyridine rings is 1. The lowest BCUT2D eigenvalue weighted by molar-refractivity contribution is 0.122. The first-order chi connectivity index (χ1) is 13.3. The summed E-state index contributed by atoms with van der Waals surface area (Å²) in [5, 5.41) is -1.14. The second kappa shape index (κ2) is 11.5. The van der Waals surface area contributed by atoms with E-state index in [1.54, 1.807) is 67.8 Å². The lowest BCUT2D eigenvalue weighted by atomic mass is 10.2. The molecule has 0 saturated heterocycles. The molecule has 1 rings (SSSR count). The topological polar surface area (TPSA) is 84.0 Å². The first-order valence-corrected chi connectivity index (χ1v) is 13.8. The van der Waals surface area contributed by atoms with Crippen LogP contribution in [0.15, 0.2) is 22.9 Å². The molecule has 7 nitrogen and oxygen atoms in total. The molecule has 0 fully saturated rings. The van der Waals surface area contributed by atoms with Crippen LogP contribution in [0.2, 0.25) is 0 Å². The summed E-state index contributed by atoms with van der Waals surface area (Å²) in [5.41, 5.74) is 0.712. The highest BCUT2D eigenvalue weighted by molar-refractivity contribution is 9.10. The second-order valence-electron chi connectivity index (χ2n) is 7.89. The first-order valence-electron chi connectivity index (χ1n) is 9.80. The Bertz CT molecular complexity index is 675. The summed E-state index contributed by atoms with van der Waals surface area (Å²) in [6, 6.07) is 1.82. The van der Waals surface area contributed by atoms with E-state index >= 15 is 0 Å². The van der Waals surface area contributed by atoms with Gasteiger partial charge in [-0.15, -0.1) is 0 Å². The molecule has 0 aromatic carbocycles. The summed E-state index contributed by atoms with van der Waals surface area (Å²) < 4.78 is 52.0. The molecule has 29 heavy (non-hydrogen) atoms. The molecule has 0 spiro atoms. The van der Waals surface area contributed by atoms with E-state index in [0.717, 1.165) is 4.47 Å². The van der Waals surface area contributed by atoms with Gasteiger partial charge >= 0.3 is 15.2 Å². The molecule has 1 aromatic heterocycles. The van der Waals surface area contributed by atoms with Gasteiger partial charge < -0.3 is 18.1 Å². The van der Waals surface area contributed by atoms with Crippen LogP contribution in [0, 0.1) is 0 Å². The number of hydrogen-bond donors (Lipinski definition) is 0. The van der Waals surface area contributed by atoms with Gasteiger partial charge in [0.1, 0.15) is 0 Å². The Morgan fingerprint density at radius 2 is 1.17 bits per heavy atom. The second-order valence-corrected chi connectivity index (χ2v) is 13.5. The third-order valence-electron chi connectivity index (χ3n) is 3.34. The van der Waals surface area contributed by atoms with Gasteiger partial charge in [-0.25, -0.2) is 0 Å². The van der Waals surface area contributed by atoms with Crippen LogP contribution in [0.3, 0.4) is 0 Å². The maximum absolute atomic E-state index is 14.0. The molecular weight excluding hydrogens is 480 g/mol. The van der Waals surface area contributed by atoms with Crippen LogP contribution in [-0.4, -0.2) is 34.8 Å². The van der Waals surface area contributed by atoms with Crippen molar-refractivity contribution in [3.63, 3.8) is 0 Å². The molecule has 168 valence electrons. The van der Waals surface area contributed by atoms with E-state index in [9.17, 15) is 9.13 Å². The molecule has 10 heteroatoms. The van der Waals surface area contributed by atoms with E-state index in [0.29, 0.717) is 5.56 Å². The summed E-state index contributed by atoms with van der Waals surface area (Å²) in [5.74, 6) is 0. The minimum atomic E-state index is -3.91. The Morgan fingerprint density at radius 1 is 0.793 bits per heavy atom. The quantitative estimate of drug-likeness (QED) is 0.284. The van der Waals surface area contributed by atoms with Gasteiger partial charge in [-0.3, -0.25) is 14.1 Å². The molecule has 1 heterocycles. The molecule has 0 bridgehead atoms. The number of halogens is 1. The highest BCUT2D eigenvalue weighted by atomic mass is 79.9. The zero-order valence-corrected chi connectivity index (χ0v) is 21.9. The maximum atomic E-state index is 14.0. The normalized spacial score (nSPS) is 13.4. The molecule has 0 aliphatic carbocycles. The molecule has 0 aliphatic rings. The van der Waals surface area contributed by atoms with Crippen molar-refractivity contribution in [2.45, 2.75) is 91.6 Å². The standard InChI is InChI=1S/C19H34BrNO6P2/c1-13(2)24-28(22,25-14(3)4)19(10-17-9-18(20)12-21-11-17)29(23,26-15(5)6)27-16(7)8/h9,11-16,19H,10H2,1-8H3. The van der Waals surface area contributed by atoms with E-state index in [1.165, 1.54) is 0 Å². The van der Waals surface area contributed by atoms with E-state index < -0.39 is 45.0 Å². The molecule has 0 aliphatic heterocycles. The Kier molecular flexibility index (Phi) is 10.7. The Labute approximate surface area is 183 Å². The fourth-order valence-corrected chi connectivity index (χ4v) is 9.01. The number of aromatic nitrogens is 1. The summed E-state index contributed by atoms with van der Waals surface area (Å²) in [6.07, 6.45) is 1.73. The smallest absolute Gasteiger partial charge is 0.305 e. The van der Waals surface area contributed by atoms with Crippen molar-refractivity contribution in [3.8, 4) is 0 Å². The summed E-state index contributed by atoms with van der Waals surface area (Å²) >= 11 is 3.39. The number of hydrogen-bond acceptors (Lipinski definition) is 7. The lowest BCUT2D eigenvalue weighted by Crippen LogP contribution is -2.25. The maximum Gasteiger partial charge on any atom is 0.346 e. The highest BCUT2D eigenvalue weighted by Crippen LogP contribution is 2.72. The van der Waals surface area contributed by atoms with Crippen LogP contribution >= 0.6 is 31.1 Å². The van der Waals surface area contributed by atoms with Gasteiger partial charge in [0.05, 0.1) is 24.4 Å². The van der Waals surface area contributed by atoms with Gasteiger partial charge in [0.2, 0.25) is 0 Å². The van der Waals surface area contributed by atoms with Crippen molar-refractivity contribution >= 4 is 31.1 Å². The molecule has 0 amide bonds. The summed E-state index contributed by atoms with van der Waals surface area (Å²) in [7, 11) is -7.82. The van der Waals surface area contributed by atoms with Crippen molar-refractivity contribution in [2.24, 2.45) is 0 Å². The average Bonchev–Trinajstić information content (AvgIpc) is 2.49. The first kappa shape index (κ1) is 27.0. The van der Waals surface area contributed by atoms with Gasteiger partial charge in [0, 0.05) is 16.9 Å². The largest absolute Gasteiger partial charge is 0.346 e. The van der Waals surface area contributed by atoms with Crippen molar-refractivity contribution in [1.82, 2.24) is 4.98 Å². The molecule has 0 saturated carbocycles. The Morgan fingerprint density at radius 3 is 1.48 bits per heavy atom. The number of rotatable bonds is 12. The van der Waals surface area contributed by atoms with E-state index in [1.807, 2.05) is 6.07 Å². The predicted molar refractivity (Wildman–Crippen MR) is 120 cm³/mol. The zero-order chi connectivity index (χ0) is 22.4. The highest BCUT2D eigenvalue weighted by Gasteiger charge is 2.52. The monoisotopic (exact) mass is 513 g/mol. The van der Waals surface area contributed by atoms with Crippen molar-refractivity contribution < 1.29 is 27.2 Å². The minimum absolute atomic E-state index is 0.0971. The third-order valence-corrected chi connectivity index (χ3v) is 10.2. The van der Waals surface area contributed by atoms with Gasteiger partial charge in [-0.1, -0.05) is 0 Å². The molecule has 0 N–H and O–H groups in total. The van der Waals surface area contributed by atoms with Crippen LogP contribution in [0.25, 0.3) is 0 Å². The van der Waals surface area contributed by atoms with Crippen LogP contribution in [0.1, 0.15) is 61.0 Å². The fraction of sp³-hybridized carbons (Fsp3) is 0.737. The Balaban J connectivity index is 3.59. The van der Waals surface area contributed by atoms with Crippen molar-refractivity contribution in [2.75, 3.05) is 0 Å². The molecule has 0 atom stereocenters. The number of nitrogens with zero attached hydrogens (tertiary/aromatic N) is 1. The van der Waals surface area contributed by atoms with Gasteiger partial charge in [-0.2, -0.15) is 0 Å². The lowest BCUT2D eigenvalue weighted by Gasteiger charge is -2.35. The van der Waals surface area contributed by atoms with Gasteiger partial charge in [0.15, 0.2) is 5.40 Å². The predicted octanol–water partition coefficient (Wildman–Crippen LogP) is 6.80. The fourth-order valence-electron chi connectivity index (χ4n) is 2.68. The molecule has 0 unspecified atom stereocenters. The zero-order valence-electron chi connectivity index (χ0n) is 18.5. The minimum Gasteiger partial charge on any atom is -0.305 e. The van der Waals surface area contributed by atoms with Crippen LogP contribution in [-0.2, 0) is 33.6 Å². The van der Waals surface area contributed by atoms with Gasteiger partial charge in [0.25, 0.3) is 0 Å². The Hall–Kier alpha value is -0.0700. The van der Waals surface area contributed by atoms with Gasteiger partial charge in [-0.05, 0) is 89.4 Å². The summed E-state index contributed by atoms with van der Waals surface area (Å²) in [6.45, 7) is 14.0. The van der Waals surface area contributed by atoms with Crippen LogP contribution in [0.4, 0.5) is 0 Å². The summed E-state index contributed by atoms with van der Waals surface area (Å²) in [4.78, 5) is 4.16. The van der Waals surface area contributed by atoms with Crippen LogP contribution < -0.4 is 0 Å². The molecule has 0 radical (unpaired) electrons. The SMILES string of the molecule is CC(C)OP(=O)(OC(C)C)C(Cc1cncc(Br)c1)P(=O)(OC(C)C)OC(C)C. The van der Waals surface area contributed by atoms with Crippen LogP contribution in [0.5, 0.6) is 0 Å².